The number of anilines is 1. The Balaban J connectivity index is 1.84. The molecule has 5 nitrogen and oxygen atoms in total. The summed E-state index contributed by atoms with van der Waals surface area (Å²) in [5, 5.41) is 2.80. The molecule has 1 saturated carbocycles. The molecule has 1 fully saturated rings. The van der Waals surface area contributed by atoms with Gasteiger partial charge >= 0.3 is 0 Å². The van der Waals surface area contributed by atoms with Gasteiger partial charge in [-0.1, -0.05) is 25.3 Å². The lowest BCUT2D eigenvalue weighted by atomic mass is 9.87. The van der Waals surface area contributed by atoms with E-state index in [1.165, 1.54) is 23.7 Å². The topological polar surface area (TPSA) is 63.5 Å². The molecule has 0 atom stereocenters. The number of carbonyl (C=O) groups is 1. The lowest BCUT2D eigenvalue weighted by Gasteiger charge is -2.21. The fraction of sp³-hybridized carbons (Fsp3) is 0.500. The van der Waals surface area contributed by atoms with Crippen molar-refractivity contribution in [1.29, 1.82) is 0 Å². The maximum absolute atomic E-state index is 12.6. The molecule has 1 aliphatic rings. The van der Waals surface area contributed by atoms with Gasteiger partial charge < -0.3 is 5.32 Å². The maximum Gasteiger partial charge on any atom is 0.281 e. The number of rotatable bonds is 3. The van der Waals surface area contributed by atoms with Crippen LogP contribution in [0.1, 0.15) is 49.8 Å². The smallest absolute Gasteiger partial charge is 0.281 e. The van der Waals surface area contributed by atoms with Crippen molar-refractivity contribution in [1.82, 2.24) is 9.38 Å². The van der Waals surface area contributed by atoms with Crippen molar-refractivity contribution in [3.8, 4) is 0 Å². The zero-order chi connectivity index (χ0) is 16.4. The van der Waals surface area contributed by atoms with E-state index >= 15 is 0 Å². The lowest BCUT2D eigenvalue weighted by Crippen LogP contribution is -2.26. The summed E-state index contributed by atoms with van der Waals surface area (Å²) < 4.78 is 1.50. The number of hydrogen-bond acceptors (Lipinski definition) is 3. The highest BCUT2D eigenvalue weighted by Gasteiger charge is 2.19. The van der Waals surface area contributed by atoms with Crippen molar-refractivity contribution in [3.05, 3.63) is 39.9 Å². The van der Waals surface area contributed by atoms with Crippen LogP contribution >= 0.6 is 0 Å². The normalized spacial score (nSPS) is 15.7. The van der Waals surface area contributed by atoms with Crippen molar-refractivity contribution in [2.45, 2.75) is 52.4 Å². The van der Waals surface area contributed by atoms with E-state index in [-0.39, 0.29) is 11.5 Å². The predicted molar refractivity (Wildman–Crippen MR) is 90.8 cm³/mol. The first-order valence-electron chi connectivity index (χ1n) is 8.34. The minimum Gasteiger partial charge on any atom is -0.320 e. The van der Waals surface area contributed by atoms with Crippen LogP contribution in [0, 0.1) is 19.8 Å². The lowest BCUT2D eigenvalue weighted by molar-refractivity contribution is -0.117. The molecule has 2 heterocycles. The minimum absolute atomic E-state index is 0.0773. The molecule has 0 unspecified atom stereocenters. The Labute approximate surface area is 135 Å². The Bertz CT molecular complexity index is 789. The molecular formula is C18H23N3O2. The summed E-state index contributed by atoms with van der Waals surface area (Å²) in [7, 11) is 0. The maximum atomic E-state index is 12.6. The Hall–Kier alpha value is -2.17. The molecule has 0 bridgehead atoms. The first kappa shape index (κ1) is 15.7. The van der Waals surface area contributed by atoms with Crippen LogP contribution in [0.5, 0.6) is 0 Å². The van der Waals surface area contributed by atoms with Gasteiger partial charge in [-0.05, 0) is 44.2 Å². The molecule has 1 N–H and O–H groups in total. The summed E-state index contributed by atoms with van der Waals surface area (Å²) >= 11 is 0. The number of aryl methyl sites for hydroxylation is 2. The summed E-state index contributed by atoms with van der Waals surface area (Å²) in [6.07, 6.45) is 8.15. The molecule has 0 spiro atoms. The largest absolute Gasteiger partial charge is 0.320 e. The van der Waals surface area contributed by atoms with E-state index in [4.69, 9.17) is 0 Å². The van der Waals surface area contributed by atoms with E-state index in [0.717, 1.165) is 18.4 Å². The van der Waals surface area contributed by atoms with E-state index in [9.17, 15) is 9.59 Å². The number of pyridine rings is 1. The SMILES string of the molecule is Cc1ccc2nc(C)c(NC(=O)CC3CCCCC3)c(=O)n2c1. The van der Waals surface area contributed by atoms with Crippen LogP contribution in [0.4, 0.5) is 5.69 Å². The number of fused-ring (bicyclic) bond motifs is 1. The molecule has 3 rings (SSSR count). The van der Waals surface area contributed by atoms with Crippen molar-refractivity contribution in [3.63, 3.8) is 0 Å². The molecule has 1 amide bonds. The summed E-state index contributed by atoms with van der Waals surface area (Å²) in [6.45, 7) is 3.69. The summed E-state index contributed by atoms with van der Waals surface area (Å²) in [5.74, 6) is 0.369. The highest BCUT2D eigenvalue weighted by molar-refractivity contribution is 5.91. The van der Waals surface area contributed by atoms with Gasteiger partial charge in [-0.3, -0.25) is 14.0 Å². The van der Waals surface area contributed by atoms with Crippen molar-refractivity contribution in [2.24, 2.45) is 5.92 Å². The van der Waals surface area contributed by atoms with E-state index in [1.807, 2.05) is 19.1 Å². The molecule has 1 aliphatic carbocycles. The van der Waals surface area contributed by atoms with Gasteiger partial charge in [0.25, 0.3) is 5.56 Å². The monoisotopic (exact) mass is 313 g/mol. The standard InChI is InChI=1S/C18H23N3O2/c1-12-8-9-15-19-13(2)17(18(23)21(15)11-12)20-16(22)10-14-6-4-3-5-7-14/h8-9,11,14H,3-7,10H2,1-2H3,(H,20,22). The summed E-state index contributed by atoms with van der Waals surface area (Å²) in [4.78, 5) is 29.4. The van der Waals surface area contributed by atoms with Gasteiger partial charge in [0, 0.05) is 12.6 Å². The van der Waals surface area contributed by atoms with E-state index in [1.54, 1.807) is 13.1 Å². The van der Waals surface area contributed by atoms with Crippen LogP contribution in [-0.2, 0) is 4.79 Å². The van der Waals surface area contributed by atoms with Crippen LogP contribution in [-0.4, -0.2) is 15.3 Å². The molecule has 0 aromatic carbocycles. The quantitative estimate of drug-likeness (QED) is 0.946. The molecule has 0 radical (unpaired) electrons. The number of hydrogen-bond donors (Lipinski definition) is 1. The second-order valence-electron chi connectivity index (χ2n) is 6.57. The zero-order valence-electron chi connectivity index (χ0n) is 13.8. The third-order valence-electron chi connectivity index (χ3n) is 4.61. The highest BCUT2D eigenvalue weighted by atomic mass is 16.2. The Morgan fingerprint density at radius 1 is 1.26 bits per heavy atom. The van der Waals surface area contributed by atoms with Gasteiger partial charge in [0.05, 0.1) is 5.69 Å². The average Bonchev–Trinajstić information content (AvgIpc) is 2.53. The minimum atomic E-state index is -0.215. The van der Waals surface area contributed by atoms with Gasteiger partial charge in [0.2, 0.25) is 5.91 Å². The number of nitrogens with zero attached hydrogens (tertiary/aromatic N) is 2. The van der Waals surface area contributed by atoms with Crippen molar-refractivity contribution in [2.75, 3.05) is 5.32 Å². The number of nitrogens with one attached hydrogen (secondary N) is 1. The number of aromatic nitrogens is 2. The molecular weight excluding hydrogens is 290 g/mol. The number of amides is 1. The van der Waals surface area contributed by atoms with E-state index < -0.39 is 0 Å². The Morgan fingerprint density at radius 2 is 2.00 bits per heavy atom. The van der Waals surface area contributed by atoms with Gasteiger partial charge in [0.15, 0.2) is 0 Å². The fourth-order valence-corrected chi connectivity index (χ4v) is 3.34. The van der Waals surface area contributed by atoms with Crippen LogP contribution in [0.15, 0.2) is 23.1 Å². The molecule has 2 aromatic rings. The average molecular weight is 313 g/mol. The Kier molecular flexibility index (Phi) is 4.46. The number of carbonyl (C=O) groups excluding carboxylic acids is 1. The molecule has 2 aromatic heterocycles. The first-order chi connectivity index (χ1) is 11.0. The third-order valence-corrected chi connectivity index (χ3v) is 4.61. The third kappa shape index (κ3) is 3.44. The van der Waals surface area contributed by atoms with Crippen LogP contribution in [0.2, 0.25) is 0 Å². The molecule has 5 heteroatoms. The highest BCUT2D eigenvalue weighted by Crippen LogP contribution is 2.26. The van der Waals surface area contributed by atoms with Gasteiger partial charge in [0.1, 0.15) is 11.3 Å². The van der Waals surface area contributed by atoms with Crippen molar-refractivity contribution >= 4 is 17.2 Å². The molecule has 23 heavy (non-hydrogen) atoms. The first-order valence-corrected chi connectivity index (χ1v) is 8.34. The second kappa shape index (κ2) is 6.52. The zero-order valence-corrected chi connectivity index (χ0v) is 13.8. The summed E-state index contributed by atoms with van der Waals surface area (Å²) in [5.41, 5.74) is 2.23. The predicted octanol–water partition coefficient (Wildman–Crippen LogP) is 3.22. The molecule has 122 valence electrons. The van der Waals surface area contributed by atoms with Gasteiger partial charge in [-0.25, -0.2) is 4.98 Å². The second-order valence-corrected chi connectivity index (χ2v) is 6.57. The van der Waals surface area contributed by atoms with Crippen LogP contribution < -0.4 is 10.9 Å². The van der Waals surface area contributed by atoms with Gasteiger partial charge in [-0.15, -0.1) is 0 Å². The van der Waals surface area contributed by atoms with E-state index in [2.05, 4.69) is 10.3 Å². The molecule has 0 saturated heterocycles. The van der Waals surface area contributed by atoms with Crippen LogP contribution in [0.25, 0.3) is 5.65 Å². The Morgan fingerprint density at radius 3 is 2.74 bits per heavy atom. The van der Waals surface area contributed by atoms with Crippen molar-refractivity contribution < 1.29 is 4.79 Å². The van der Waals surface area contributed by atoms with Crippen LogP contribution in [0.3, 0.4) is 0 Å². The van der Waals surface area contributed by atoms with Gasteiger partial charge in [-0.2, -0.15) is 0 Å². The summed E-state index contributed by atoms with van der Waals surface area (Å²) in [6, 6.07) is 3.74. The van der Waals surface area contributed by atoms with E-state index in [0.29, 0.717) is 29.4 Å². The molecule has 0 aliphatic heterocycles. The fourth-order valence-electron chi connectivity index (χ4n) is 3.34.